The van der Waals surface area contributed by atoms with Crippen LogP contribution in [0.5, 0.6) is 0 Å². The molecular formula is C13H12Cl2F2N2. The molecule has 6 heteroatoms. The van der Waals surface area contributed by atoms with E-state index >= 15 is 0 Å². The summed E-state index contributed by atoms with van der Waals surface area (Å²) in [6, 6.07) is 5.13. The predicted molar refractivity (Wildman–Crippen MR) is 72.1 cm³/mol. The molecule has 3 rings (SSSR count). The molecule has 2 aromatic rings. The van der Waals surface area contributed by atoms with Gasteiger partial charge in [-0.05, 0) is 18.6 Å². The first-order valence-electron chi connectivity index (χ1n) is 6.11. The van der Waals surface area contributed by atoms with E-state index in [-0.39, 0.29) is 24.8 Å². The number of aromatic nitrogens is 2. The number of hydrogen-bond donors (Lipinski definition) is 0. The van der Waals surface area contributed by atoms with Crippen molar-refractivity contribution in [2.24, 2.45) is 0 Å². The summed E-state index contributed by atoms with van der Waals surface area (Å²) in [5, 5.41) is 0.521. The van der Waals surface area contributed by atoms with Gasteiger partial charge in [0, 0.05) is 18.9 Å². The molecule has 0 N–H and O–H groups in total. The van der Waals surface area contributed by atoms with Crippen LogP contribution in [-0.2, 0) is 5.88 Å². The maximum Gasteiger partial charge on any atom is 0.250 e. The maximum absolute atomic E-state index is 13.4. The van der Waals surface area contributed by atoms with E-state index in [1.807, 2.05) is 10.6 Å². The van der Waals surface area contributed by atoms with Crippen molar-refractivity contribution < 1.29 is 8.78 Å². The van der Waals surface area contributed by atoms with Gasteiger partial charge in [-0.3, -0.25) is 0 Å². The zero-order valence-electron chi connectivity index (χ0n) is 10.0. The molecule has 19 heavy (non-hydrogen) atoms. The molecular weight excluding hydrogens is 293 g/mol. The third-order valence-electron chi connectivity index (χ3n) is 3.61. The molecule has 0 radical (unpaired) electrons. The van der Waals surface area contributed by atoms with E-state index in [1.165, 1.54) is 0 Å². The van der Waals surface area contributed by atoms with Crippen molar-refractivity contribution in [1.29, 1.82) is 0 Å². The fourth-order valence-corrected chi connectivity index (χ4v) is 3.18. The molecule has 1 heterocycles. The van der Waals surface area contributed by atoms with E-state index in [2.05, 4.69) is 4.98 Å². The van der Waals surface area contributed by atoms with Gasteiger partial charge in [-0.25, -0.2) is 13.8 Å². The van der Waals surface area contributed by atoms with E-state index in [9.17, 15) is 8.78 Å². The highest BCUT2D eigenvalue weighted by Gasteiger charge is 2.41. The van der Waals surface area contributed by atoms with Gasteiger partial charge in [-0.1, -0.05) is 17.7 Å². The zero-order chi connectivity index (χ0) is 13.6. The molecule has 0 saturated heterocycles. The lowest BCUT2D eigenvalue weighted by molar-refractivity contribution is 0.00571. The Kier molecular flexibility index (Phi) is 3.18. The number of para-hydroxylation sites is 1. The van der Waals surface area contributed by atoms with Crippen molar-refractivity contribution >= 4 is 34.2 Å². The van der Waals surface area contributed by atoms with Crippen LogP contribution in [0.4, 0.5) is 8.78 Å². The number of halogens is 4. The van der Waals surface area contributed by atoms with Gasteiger partial charge in [0.15, 0.2) is 0 Å². The van der Waals surface area contributed by atoms with Crippen LogP contribution in [0.25, 0.3) is 11.0 Å². The average Bonchev–Trinajstić information content (AvgIpc) is 2.90. The Morgan fingerprint density at radius 1 is 1.42 bits per heavy atom. The number of imidazole rings is 1. The van der Waals surface area contributed by atoms with Crippen molar-refractivity contribution in [3.63, 3.8) is 0 Å². The largest absolute Gasteiger partial charge is 0.324 e. The average molecular weight is 305 g/mol. The molecule has 0 amide bonds. The van der Waals surface area contributed by atoms with Gasteiger partial charge in [0.1, 0.15) is 11.3 Å². The molecule has 1 aliphatic carbocycles. The number of nitrogens with zero attached hydrogens (tertiary/aromatic N) is 2. The standard InChI is InChI=1S/C13H12Cl2F2N2/c14-7-11-18-12-9(15)2-1-3-10(12)19(11)8-4-5-13(16,17)6-8/h1-3,8H,4-7H2. The Bertz CT molecular complexity index is 624. The minimum Gasteiger partial charge on any atom is -0.324 e. The molecule has 0 spiro atoms. The quantitative estimate of drug-likeness (QED) is 0.729. The minimum atomic E-state index is -2.59. The van der Waals surface area contributed by atoms with Crippen molar-refractivity contribution in [1.82, 2.24) is 9.55 Å². The predicted octanol–water partition coefficient (Wildman–Crippen LogP) is 4.79. The number of hydrogen-bond acceptors (Lipinski definition) is 1. The van der Waals surface area contributed by atoms with Crippen molar-refractivity contribution in [2.75, 3.05) is 0 Å². The fourth-order valence-electron chi connectivity index (χ4n) is 2.78. The first-order chi connectivity index (χ1) is 9.02. The highest BCUT2D eigenvalue weighted by molar-refractivity contribution is 6.35. The SMILES string of the molecule is FC1(F)CCC(n2c(CCl)nc3c(Cl)cccc32)C1. The molecule has 0 aliphatic heterocycles. The number of alkyl halides is 3. The summed E-state index contributed by atoms with van der Waals surface area (Å²) >= 11 is 12.0. The van der Waals surface area contributed by atoms with Gasteiger partial charge in [0.25, 0.3) is 0 Å². The summed E-state index contributed by atoms with van der Waals surface area (Å²) in [6.07, 6.45) is 0.198. The third-order valence-corrected chi connectivity index (χ3v) is 4.15. The second kappa shape index (κ2) is 4.60. The normalized spacial score (nSPS) is 22.2. The Hall–Kier alpha value is -0.870. The summed E-state index contributed by atoms with van der Waals surface area (Å²) in [5.74, 6) is -1.80. The molecule has 2 nitrogen and oxygen atoms in total. The highest BCUT2D eigenvalue weighted by atomic mass is 35.5. The van der Waals surface area contributed by atoms with E-state index in [1.54, 1.807) is 12.1 Å². The van der Waals surface area contributed by atoms with Crippen LogP contribution in [0.1, 0.15) is 31.1 Å². The molecule has 1 aromatic carbocycles. The number of rotatable bonds is 2. The van der Waals surface area contributed by atoms with E-state index in [0.717, 1.165) is 5.52 Å². The van der Waals surface area contributed by atoms with Crippen LogP contribution in [-0.4, -0.2) is 15.5 Å². The van der Waals surface area contributed by atoms with Crippen LogP contribution in [0.2, 0.25) is 5.02 Å². The van der Waals surface area contributed by atoms with Crippen molar-refractivity contribution in [3.8, 4) is 0 Å². The van der Waals surface area contributed by atoms with Gasteiger partial charge in [0.05, 0.1) is 16.4 Å². The summed E-state index contributed by atoms with van der Waals surface area (Å²) < 4.78 is 28.6. The van der Waals surface area contributed by atoms with Gasteiger partial charge in [-0.2, -0.15) is 0 Å². The van der Waals surface area contributed by atoms with Gasteiger partial charge in [0.2, 0.25) is 5.92 Å². The first kappa shape index (κ1) is 13.1. The van der Waals surface area contributed by atoms with Gasteiger partial charge in [-0.15, -0.1) is 11.6 Å². The molecule has 1 fully saturated rings. The van der Waals surface area contributed by atoms with Crippen molar-refractivity contribution in [2.45, 2.75) is 37.1 Å². The molecule has 0 bridgehead atoms. The Morgan fingerprint density at radius 3 is 2.84 bits per heavy atom. The molecule has 1 aliphatic rings. The summed E-state index contributed by atoms with van der Waals surface area (Å²) in [4.78, 5) is 4.38. The Balaban J connectivity index is 2.14. The second-order valence-electron chi connectivity index (χ2n) is 4.89. The summed E-state index contributed by atoms with van der Waals surface area (Å²) in [6.45, 7) is 0. The zero-order valence-corrected chi connectivity index (χ0v) is 11.6. The lowest BCUT2D eigenvalue weighted by Crippen LogP contribution is -2.13. The van der Waals surface area contributed by atoms with Crippen LogP contribution >= 0.6 is 23.2 Å². The Labute approximate surface area is 119 Å². The van der Waals surface area contributed by atoms with E-state index in [0.29, 0.717) is 22.8 Å². The maximum atomic E-state index is 13.4. The summed E-state index contributed by atoms with van der Waals surface area (Å²) in [7, 11) is 0. The molecule has 1 atom stereocenters. The van der Waals surface area contributed by atoms with Crippen LogP contribution < -0.4 is 0 Å². The first-order valence-corrected chi connectivity index (χ1v) is 7.02. The molecule has 1 unspecified atom stereocenters. The number of benzene rings is 1. The molecule has 1 saturated carbocycles. The lowest BCUT2D eigenvalue weighted by atomic mass is 10.2. The Morgan fingerprint density at radius 2 is 2.21 bits per heavy atom. The minimum absolute atomic E-state index is 0.0837. The monoisotopic (exact) mass is 304 g/mol. The van der Waals surface area contributed by atoms with E-state index < -0.39 is 5.92 Å². The molecule has 102 valence electrons. The lowest BCUT2D eigenvalue weighted by Gasteiger charge is -2.16. The van der Waals surface area contributed by atoms with E-state index in [4.69, 9.17) is 23.2 Å². The second-order valence-corrected chi connectivity index (χ2v) is 5.57. The van der Waals surface area contributed by atoms with Gasteiger partial charge >= 0.3 is 0 Å². The summed E-state index contributed by atoms with van der Waals surface area (Å²) in [5.41, 5.74) is 1.42. The molecule has 1 aromatic heterocycles. The highest BCUT2D eigenvalue weighted by Crippen LogP contribution is 2.43. The van der Waals surface area contributed by atoms with Gasteiger partial charge < -0.3 is 4.57 Å². The number of fused-ring (bicyclic) bond motifs is 1. The smallest absolute Gasteiger partial charge is 0.250 e. The third kappa shape index (κ3) is 2.21. The van der Waals surface area contributed by atoms with Crippen LogP contribution in [0.3, 0.4) is 0 Å². The van der Waals surface area contributed by atoms with Crippen LogP contribution in [0.15, 0.2) is 18.2 Å². The topological polar surface area (TPSA) is 17.8 Å². The van der Waals surface area contributed by atoms with Crippen molar-refractivity contribution in [3.05, 3.63) is 29.0 Å². The fraction of sp³-hybridized carbons (Fsp3) is 0.462. The van der Waals surface area contributed by atoms with Crippen LogP contribution in [0, 0.1) is 0 Å².